The van der Waals surface area contributed by atoms with E-state index in [0.29, 0.717) is 18.8 Å². The normalized spacial score (nSPS) is 21.0. The zero-order chi connectivity index (χ0) is 23.8. The molecule has 174 valence electrons. The largest absolute Gasteiger partial charge is 0.388 e. The molecule has 2 rings (SSSR count). The third kappa shape index (κ3) is 5.78. The molecule has 0 bridgehead atoms. The van der Waals surface area contributed by atoms with E-state index in [0.717, 1.165) is 54.4 Å². The first-order valence-electron chi connectivity index (χ1n) is 12.4. The molecule has 0 spiro atoms. The number of hydrogen-bond acceptors (Lipinski definition) is 2. The molecule has 0 aromatic heterocycles. The van der Waals surface area contributed by atoms with Gasteiger partial charge in [0.05, 0.1) is 6.10 Å². The van der Waals surface area contributed by atoms with Gasteiger partial charge in [-0.2, -0.15) is 0 Å². The lowest BCUT2D eigenvalue weighted by Crippen LogP contribution is -2.15. The highest BCUT2D eigenvalue weighted by Crippen LogP contribution is 2.45. The Kier molecular flexibility index (Phi) is 9.90. The van der Waals surface area contributed by atoms with E-state index >= 15 is 0 Å². The van der Waals surface area contributed by atoms with Crippen LogP contribution < -0.4 is 0 Å². The summed E-state index contributed by atoms with van der Waals surface area (Å²) >= 11 is 0. The topological polar surface area (TPSA) is 37.3 Å². The second kappa shape index (κ2) is 12.2. The molecule has 1 aliphatic rings. The molecule has 1 N–H and O–H groups in total. The zero-order valence-electron chi connectivity index (χ0n) is 21.1. The molecule has 1 fully saturated rings. The molecule has 2 nitrogen and oxygen atoms in total. The Bertz CT molecular complexity index is 926. The van der Waals surface area contributed by atoms with Crippen molar-refractivity contribution in [2.45, 2.75) is 92.6 Å². The van der Waals surface area contributed by atoms with E-state index in [-0.39, 0.29) is 5.78 Å². The van der Waals surface area contributed by atoms with E-state index in [1.165, 1.54) is 22.3 Å². The van der Waals surface area contributed by atoms with Crippen LogP contribution in [-0.4, -0.2) is 17.0 Å². The van der Waals surface area contributed by atoms with Crippen LogP contribution in [0.5, 0.6) is 0 Å². The first-order chi connectivity index (χ1) is 15.3. The fourth-order valence-electron chi connectivity index (χ4n) is 5.00. The SMILES string of the molecule is C=C1/C(=C(/CC)c2ccccc2CC)CC(C)/C1=C\C(=C(\CC)C(C)=O)[C@H](O)CCCC. The van der Waals surface area contributed by atoms with Crippen LogP contribution in [0.1, 0.15) is 91.2 Å². The molecule has 0 radical (unpaired) electrons. The van der Waals surface area contributed by atoms with E-state index in [1.54, 1.807) is 6.92 Å². The number of rotatable bonds is 10. The van der Waals surface area contributed by atoms with Crippen molar-refractivity contribution in [2.75, 3.05) is 0 Å². The molecule has 2 heteroatoms. The Labute approximate surface area is 195 Å². The molecule has 0 heterocycles. The van der Waals surface area contributed by atoms with Crippen LogP contribution in [0.25, 0.3) is 5.57 Å². The average molecular weight is 435 g/mol. The van der Waals surface area contributed by atoms with Gasteiger partial charge in [0.2, 0.25) is 0 Å². The van der Waals surface area contributed by atoms with Gasteiger partial charge in [0.25, 0.3) is 0 Å². The van der Waals surface area contributed by atoms with E-state index in [1.807, 2.05) is 6.92 Å². The lowest BCUT2D eigenvalue weighted by atomic mass is 9.89. The smallest absolute Gasteiger partial charge is 0.156 e. The molecule has 2 atom stereocenters. The molecular formula is C30H42O2. The van der Waals surface area contributed by atoms with Gasteiger partial charge in [0.1, 0.15) is 0 Å². The molecule has 1 aromatic carbocycles. The Hall–Kier alpha value is -2.19. The van der Waals surface area contributed by atoms with Crippen molar-refractivity contribution < 1.29 is 9.90 Å². The zero-order valence-corrected chi connectivity index (χ0v) is 21.1. The molecular weight excluding hydrogens is 392 g/mol. The fraction of sp³-hybridized carbons (Fsp3) is 0.500. The van der Waals surface area contributed by atoms with Crippen molar-refractivity contribution in [1.29, 1.82) is 0 Å². The molecule has 32 heavy (non-hydrogen) atoms. The number of aryl methyl sites for hydroxylation is 1. The summed E-state index contributed by atoms with van der Waals surface area (Å²) in [5, 5.41) is 11.0. The number of allylic oxidation sites excluding steroid dienone is 5. The third-order valence-corrected chi connectivity index (χ3v) is 6.82. The second-order valence-corrected chi connectivity index (χ2v) is 9.01. The minimum Gasteiger partial charge on any atom is -0.388 e. The van der Waals surface area contributed by atoms with Crippen molar-refractivity contribution in [1.82, 2.24) is 0 Å². The summed E-state index contributed by atoms with van der Waals surface area (Å²) in [5.41, 5.74) is 9.18. The molecule has 0 saturated heterocycles. The number of carbonyl (C=O) groups excluding carboxylic acids is 1. The molecule has 1 unspecified atom stereocenters. The van der Waals surface area contributed by atoms with E-state index in [4.69, 9.17) is 0 Å². The number of ketones is 1. The Morgan fingerprint density at radius 2 is 1.88 bits per heavy atom. The van der Waals surface area contributed by atoms with Gasteiger partial charge in [-0.25, -0.2) is 0 Å². The highest BCUT2D eigenvalue weighted by atomic mass is 16.3. The number of Topliss-reactive ketones (excluding diaryl/α,β-unsaturated/α-hetero) is 1. The Balaban J connectivity index is 2.61. The van der Waals surface area contributed by atoms with Gasteiger partial charge in [0, 0.05) is 5.57 Å². The standard InChI is InChI=1S/C30H42O2/c1-8-12-17-30(32)29(24(10-3)22(7)31)19-27-20(5)18-28(21(27)6)25(11-4)26-16-14-13-15-23(26)9-2/h13-16,19-20,30,32H,6,8-12,17-18H2,1-5,7H3/b27-19+,28-25-,29-24+/t20?,30-/m1/s1. The maximum Gasteiger partial charge on any atom is 0.156 e. The summed E-state index contributed by atoms with van der Waals surface area (Å²) in [7, 11) is 0. The Morgan fingerprint density at radius 1 is 1.19 bits per heavy atom. The lowest BCUT2D eigenvalue weighted by Gasteiger charge is -2.18. The molecule has 1 aromatic rings. The number of carbonyl (C=O) groups is 1. The lowest BCUT2D eigenvalue weighted by molar-refractivity contribution is -0.113. The average Bonchev–Trinajstić information content (AvgIpc) is 3.05. The van der Waals surface area contributed by atoms with E-state index in [9.17, 15) is 9.90 Å². The van der Waals surface area contributed by atoms with Gasteiger partial charge in [-0.15, -0.1) is 0 Å². The maximum atomic E-state index is 12.4. The molecule has 0 aliphatic heterocycles. The van der Waals surface area contributed by atoms with Crippen molar-refractivity contribution in [3.8, 4) is 0 Å². The van der Waals surface area contributed by atoms with Gasteiger partial charge in [-0.1, -0.05) is 84.4 Å². The predicted octanol–water partition coefficient (Wildman–Crippen LogP) is 7.78. The summed E-state index contributed by atoms with van der Waals surface area (Å²) < 4.78 is 0. The van der Waals surface area contributed by atoms with Gasteiger partial charge < -0.3 is 5.11 Å². The summed E-state index contributed by atoms with van der Waals surface area (Å²) in [4.78, 5) is 12.4. The first-order valence-corrected chi connectivity index (χ1v) is 12.4. The second-order valence-electron chi connectivity index (χ2n) is 9.01. The first kappa shape index (κ1) is 26.1. The minimum absolute atomic E-state index is 0.0491. The van der Waals surface area contributed by atoms with Crippen molar-refractivity contribution in [3.63, 3.8) is 0 Å². The molecule has 1 aliphatic carbocycles. The summed E-state index contributed by atoms with van der Waals surface area (Å²) in [5.74, 6) is 0.360. The molecule has 0 amide bonds. The summed E-state index contributed by atoms with van der Waals surface area (Å²) in [6.45, 7) is 16.9. The summed E-state index contributed by atoms with van der Waals surface area (Å²) in [6, 6.07) is 8.68. The fourth-order valence-corrected chi connectivity index (χ4v) is 5.00. The molecule has 1 saturated carbocycles. The van der Waals surface area contributed by atoms with Gasteiger partial charge in [-0.05, 0) is 83.9 Å². The van der Waals surface area contributed by atoms with Crippen LogP contribution in [0.3, 0.4) is 0 Å². The Morgan fingerprint density at radius 3 is 2.44 bits per heavy atom. The number of aliphatic hydroxyl groups excluding tert-OH is 1. The maximum absolute atomic E-state index is 12.4. The van der Waals surface area contributed by atoms with Gasteiger partial charge >= 0.3 is 0 Å². The van der Waals surface area contributed by atoms with Crippen LogP contribution in [0, 0.1) is 5.92 Å². The summed E-state index contributed by atoms with van der Waals surface area (Å²) in [6.07, 6.45) is 7.68. The number of unbranched alkanes of at least 4 members (excludes halogenated alkanes) is 1. The van der Waals surface area contributed by atoms with Crippen LogP contribution in [0.15, 0.2) is 64.8 Å². The number of benzene rings is 1. The minimum atomic E-state index is -0.610. The quantitative estimate of drug-likeness (QED) is 0.382. The van der Waals surface area contributed by atoms with Crippen molar-refractivity contribution in [2.24, 2.45) is 5.92 Å². The number of hydrogen-bond donors (Lipinski definition) is 1. The van der Waals surface area contributed by atoms with Crippen molar-refractivity contribution >= 4 is 11.4 Å². The monoisotopic (exact) mass is 434 g/mol. The van der Waals surface area contributed by atoms with Crippen LogP contribution in [0.2, 0.25) is 0 Å². The van der Waals surface area contributed by atoms with E-state index in [2.05, 4.69) is 64.6 Å². The van der Waals surface area contributed by atoms with Crippen LogP contribution in [0.4, 0.5) is 0 Å². The van der Waals surface area contributed by atoms with Gasteiger partial charge in [0.15, 0.2) is 5.78 Å². The highest BCUT2D eigenvalue weighted by Gasteiger charge is 2.29. The van der Waals surface area contributed by atoms with Gasteiger partial charge in [-0.3, -0.25) is 4.79 Å². The number of aliphatic hydroxyl groups is 1. The highest BCUT2D eigenvalue weighted by molar-refractivity contribution is 5.94. The van der Waals surface area contributed by atoms with Crippen LogP contribution >= 0.6 is 0 Å². The van der Waals surface area contributed by atoms with E-state index < -0.39 is 6.10 Å². The third-order valence-electron chi connectivity index (χ3n) is 6.82. The van der Waals surface area contributed by atoms with Crippen molar-refractivity contribution in [3.05, 3.63) is 75.9 Å². The van der Waals surface area contributed by atoms with Crippen LogP contribution in [-0.2, 0) is 11.2 Å². The predicted molar refractivity (Wildman–Crippen MR) is 138 cm³/mol.